The first-order valence-electron chi connectivity index (χ1n) is 9.06. The number of fused-ring (bicyclic) bond motifs is 1. The number of para-hydroxylation sites is 1. The van der Waals surface area contributed by atoms with Crippen molar-refractivity contribution in [3.8, 4) is 5.75 Å². The highest BCUT2D eigenvalue weighted by molar-refractivity contribution is 8.26. The maximum atomic E-state index is 12.8. The van der Waals surface area contributed by atoms with E-state index in [1.165, 1.54) is 6.08 Å². The summed E-state index contributed by atoms with van der Waals surface area (Å²) in [6.45, 7) is 2.36. The molecule has 1 aliphatic rings. The van der Waals surface area contributed by atoms with E-state index in [1.54, 1.807) is 6.07 Å². The summed E-state index contributed by atoms with van der Waals surface area (Å²) >= 11 is 6.16. The molecule has 1 aromatic carbocycles. The zero-order valence-corrected chi connectivity index (χ0v) is 17.5. The lowest BCUT2D eigenvalue weighted by molar-refractivity contribution is -0.146. The molecule has 0 radical (unpaired) electrons. The zero-order valence-electron chi connectivity index (χ0n) is 15.9. The highest BCUT2D eigenvalue weighted by atomic mass is 32.2. The molecule has 3 rings (SSSR count). The second-order valence-electron chi connectivity index (χ2n) is 6.34. The number of hydrogen-bond donors (Lipinski definition) is 2. The number of carbonyl (C=O) groups excluding carboxylic acids is 1. The molecule has 0 unspecified atom stereocenters. The lowest BCUT2D eigenvalue weighted by Crippen LogP contribution is -2.44. The molecular weight excluding hydrogens is 428 g/mol. The fourth-order valence-corrected chi connectivity index (χ4v) is 4.33. The van der Waals surface area contributed by atoms with Crippen molar-refractivity contribution in [2.45, 2.75) is 25.8 Å². The monoisotopic (exact) mass is 446 g/mol. The van der Waals surface area contributed by atoms with E-state index in [9.17, 15) is 19.5 Å². The number of thioether (sulfide) groups is 1. The first-order valence-corrected chi connectivity index (χ1v) is 10.3. The molecule has 1 saturated heterocycles. The molecule has 30 heavy (non-hydrogen) atoms. The maximum absolute atomic E-state index is 12.8. The fourth-order valence-electron chi connectivity index (χ4n) is 2.99. The predicted molar refractivity (Wildman–Crippen MR) is 116 cm³/mol. The number of carboxylic acids is 2. The number of ether oxygens (including phenoxy) is 1. The van der Waals surface area contributed by atoms with Gasteiger partial charge >= 0.3 is 11.9 Å². The number of nitrogens with zero attached hydrogens (tertiary/aromatic N) is 2. The summed E-state index contributed by atoms with van der Waals surface area (Å²) in [5.41, 5.74) is 1.14. The molecule has 2 aromatic rings. The van der Waals surface area contributed by atoms with Crippen LogP contribution in [-0.4, -0.2) is 54.9 Å². The molecule has 1 aromatic heterocycles. The van der Waals surface area contributed by atoms with Gasteiger partial charge in [-0.3, -0.25) is 14.5 Å². The van der Waals surface area contributed by atoms with Crippen LogP contribution in [0.25, 0.3) is 17.0 Å². The number of hydrogen-bond acceptors (Lipinski definition) is 7. The van der Waals surface area contributed by atoms with Gasteiger partial charge < -0.3 is 14.9 Å². The van der Waals surface area contributed by atoms with Crippen molar-refractivity contribution in [1.29, 1.82) is 0 Å². The van der Waals surface area contributed by atoms with Gasteiger partial charge in [0.2, 0.25) is 0 Å². The van der Waals surface area contributed by atoms with Crippen LogP contribution in [-0.2, 0) is 14.4 Å². The third-order valence-corrected chi connectivity index (χ3v) is 5.67. The molecule has 2 N–H and O–H groups in total. The summed E-state index contributed by atoms with van der Waals surface area (Å²) in [6.07, 6.45) is 0.910. The summed E-state index contributed by atoms with van der Waals surface area (Å²) in [5, 5.41) is 19.2. The van der Waals surface area contributed by atoms with Crippen LogP contribution in [0.2, 0.25) is 0 Å². The third kappa shape index (κ3) is 4.60. The summed E-state index contributed by atoms with van der Waals surface area (Å²) < 4.78 is 5.68. The smallest absolute Gasteiger partial charge is 0.326 e. The number of carbonyl (C=O) groups is 3. The first-order chi connectivity index (χ1) is 14.3. The SMILES string of the molecule is CCOc1cccc2ccc(/C=C3\SC(=S)N([C@H](CCC(=O)O)C(=O)O)C3=O)nc12. The quantitative estimate of drug-likeness (QED) is 0.466. The number of thiocarbonyl (C=S) groups is 1. The molecule has 0 saturated carbocycles. The molecule has 2 heterocycles. The number of aromatic nitrogens is 1. The number of amides is 1. The molecule has 0 spiro atoms. The van der Waals surface area contributed by atoms with Crippen LogP contribution in [0.5, 0.6) is 5.75 Å². The number of benzene rings is 1. The van der Waals surface area contributed by atoms with Gasteiger partial charge in [0, 0.05) is 11.8 Å². The van der Waals surface area contributed by atoms with Crippen molar-refractivity contribution >= 4 is 63.1 Å². The van der Waals surface area contributed by atoms with E-state index in [1.807, 2.05) is 31.2 Å². The van der Waals surface area contributed by atoms with Crippen molar-refractivity contribution in [3.63, 3.8) is 0 Å². The lowest BCUT2D eigenvalue weighted by Gasteiger charge is -2.22. The normalized spacial score (nSPS) is 16.3. The van der Waals surface area contributed by atoms with Crippen LogP contribution >= 0.6 is 24.0 Å². The molecule has 1 amide bonds. The van der Waals surface area contributed by atoms with Gasteiger partial charge in [-0.25, -0.2) is 9.78 Å². The Balaban J connectivity index is 1.92. The standard InChI is InChI=1S/C20H18N2O6S2/c1-2-28-14-5-3-4-11-6-7-12(21-17(11)14)10-15-18(25)22(20(29)30-15)13(19(26)27)8-9-16(23)24/h3-7,10,13H,2,8-9H2,1H3,(H,23,24)(H,26,27)/b15-10-/t13-/m1/s1. The molecule has 0 bridgehead atoms. The first kappa shape index (κ1) is 21.7. The van der Waals surface area contributed by atoms with Crippen molar-refractivity contribution in [2.24, 2.45) is 0 Å². The van der Waals surface area contributed by atoms with E-state index in [0.29, 0.717) is 23.6 Å². The summed E-state index contributed by atoms with van der Waals surface area (Å²) in [5.74, 6) is -2.41. The van der Waals surface area contributed by atoms with Crippen LogP contribution in [0.3, 0.4) is 0 Å². The Morgan fingerprint density at radius 1 is 1.30 bits per heavy atom. The van der Waals surface area contributed by atoms with E-state index in [-0.39, 0.29) is 22.1 Å². The van der Waals surface area contributed by atoms with Gasteiger partial charge in [-0.05, 0) is 31.6 Å². The van der Waals surface area contributed by atoms with E-state index in [2.05, 4.69) is 4.98 Å². The van der Waals surface area contributed by atoms with Crippen LogP contribution in [0.4, 0.5) is 0 Å². The van der Waals surface area contributed by atoms with Crippen LogP contribution in [0.1, 0.15) is 25.5 Å². The maximum Gasteiger partial charge on any atom is 0.326 e. The van der Waals surface area contributed by atoms with Gasteiger partial charge in [-0.2, -0.15) is 0 Å². The Morgan fingerprint density at radius 2 is 2.07 bits per heavy atom. The van der Waals surface area contributed by atoms with Gasteiger partial charge in [-0.15, -0.1) is 0 Å². The average Bonchev–Trinajstić information content (AvgIpc) is 2.96. The van der Waals surface area contributed by atoms with E-state index in [4.69, 9.17) is 22.1 Å². The summed E-state index contributed by atoms with van der Waals surface area (Å²) in [4.78, 5) is 41.0. The van der Waals surface area contributed by atoms with Crippen molar-refractivity contribution in [3.05, 3.63) is 40.9 Å². The number of carboxylic acid groups (broad SMARTS) is 2. The Morgan fingerprint density at radius 3 is 2.73 bits per heavy atom. The van der Waals surface area contributed by atoms with Crippen LogP contribution in [0, 0.1) is 0 Å². The van der Waals surface area contributed by atoms with Crippen LogP contribution < -0.4 is 4.74 Å². The predicted octanol–water partition coefficient (Wildman–Crippen LogP) is 3.15. The topological polar surface area (TPSA) is 117 Å². The second kappa shape index (κ2) is 9.23. The van der Waals surface area contributed by atoms with Gasteiger partial charge in [0.1, 0.15) is 21.6 Å². The van der Waals surface area contributed by atoms with E-state index in [0.717, 1.165) is 22.0 Å². The van der Waals surface area contributed by atoms with Gasteiger partial charge in [0.15, 0.2) is 0 Å². The zero-order chi connectivity index (χ0) is 21.8. The van der Waals surface area contributed by atoms with Crippen molar-refractivity contribution in [2.75, 3.05) is 6.61 Å². The molecule has 156 valence electrons. The molecule has 10 heteroatoms. The molecule has 8 nitrogen and oxygen atoms in total. The van der Waals surface area contributed by atoms with E-state index < -0.39 is 23.9 Å². The fraction of sp³-hybridized carbons (Fsp3) is 0.250. The molecule has 1 fully saturated rings. The Hall–Kier alpha value is -2.98. The Labute approximate surface area is 181 Å². The minimum atomic E-state index is -1.34. The highest BCUT2D eigenvalue weighted by Gasteiger charge is 2.40. The van der Waals surface area contributed by atoms with Gasteiger partial charge in [-0.1, -0.05) is 42.2 Å². The third-order valence-electron chi connectivity index (χ3n) is 4.34. The summed E-state index contributed by atoms with van der Waals surface area (Å²) in [7, 11) is 0. The Bertz CT molecular complexity index is 1070. The highest BCUT2D eigenvalue weighted by Crippen LogP contribution is 2.35. The van der Waals surface area contributed by atoms with Gasteiger partial charge in [0.05, 0.1) is 17.2 Å². The number of pyridine rings is 1. The summed E-state index contributed by atoms with van der Waals surface area (Å²) in [6, 6.07) is 7.82. The van der Waals surface area contributed by atoms with E-state index >= 15 is 0 Å². The lowest BCUT2D eigenvalue weighted by atomic mass is 10.1. The average molecular weight is 447 g/mol. The molecule has 1 aliphatic heterocycles. The van der Waals surface area contributed by atoms with Crippen molar-refractivity contribution in [1.82, 2.24) is 9.88 Å². The second-order valence-corrected chi connectivity index (χ2v) is 8.01. The van der Waals surface area contributed by atoms with Gasteiger partial charge in [0.25, 0.3) is 5.91 Å². The number of aliphatic carboxylic acids is 2. The minimum absolute atomic E-state index is 0.0693. The minimum Gasteiger partial charge on any atom is -0.492 e. The number of rotatable bonds is 8. The van der Waals surface area contributed by atoms with Crippen LogP contribution in [0.15, 0.2) is 35.2 Å². The molecule has 1 atom stereocenters. The largest absolute Gasteiger partial charge is 0.492 e. The van der Waals surface area contributed by atoms with Crippen molar-refractivity contribution < 1.29 is 29.3 Å². The molecule has 0 aliphatic carbocycles. The Kier molecular flexibility index (Phi) is 6.68. The molecular formula is C20H18N2O6S2.